The highest BCUT2D eigenvalue weighted by molar-refractivity contribution is 6.23. The van der Waals surface area contributed by atoms with Crippen molar-refractivity contribution in [1.29, 1.82) is 0 Å². The number of anilines is 1. The van der Waals surface area contributed by atoms with Crippen molar-refractivity contribution < 1.29 is 14.3 Å². The molecule has 0 spiro atoms. The predicted octanol–water partition coefficient (Wildman–Crippen LogP) is 3.83. The highest BCUT2D eigenvalue weighted by Crippen LogP contribution is 2.50. The summed E-state index contributed by atoms with van der Waals surface area (Å²) >= 11 is 0. The van der Waals surface area contributed by atoms with E-state index >= 15 is 0 Å². The molecule has 1 aliphatic heterocycles. The third-order valence-electron chi connectivity index (χ3n) is 7.54. The number of carbonyl (C=O) groups excluding carboxylic acids is 2. The van der Waals surface area contributed by atoms with Gasteiger partial charge in [-0.1, -0.05) is 54.1 Å². The highest BCUT2D eigenvalue weighted by Gasteiger charge is 2.45. The quantitative estimate of drug-likeness (QED) is 0.541. The Morgan fingerprint density at radius 3 is 2.42 bits per heavy atom. The molecular weight excluding hydrogens is 482 g/mol. The Hall–Kier alpha value is -4.72. The first-order chi connectivity index (χ1) is 18.3. The van der Waals surface area contributed by atoms with Crippen molar-refractivity contribution in [2.24, 2.45) is 20.0 Å². The summed E-state index contributed by atoms with van der Waals surface area (Å²) in [5.41, 5.74) is 3.26. The van der Waals surface area contributed by atoms with E-state index in [1.807, 2.05) is 37.3 Å². The van der Waals surface area contributed by atoms with Gasteiger partial charge in [-0.2, -0.15) is 0 Å². The maximum absolute atomic E-state index is 13.7. The Balaban J connectivity index is 1.43. The molecule has 1 N–H and O–H groups in total. The molecule has 2 aliphatic carbocycles. The lowest BCUT2D eigenvalue weighted by molar-refractivity contribution is 0.0605. The number of aryl methyl sites for hydroxylation is 1. The van der Waals surface area contributed by atoms with Gasteiger partial charge in [-0.15, -0.1) is 0 Å². The number of Topliss-reactive ketones (excluding diaryl/α,β-unsaturated/α-hetero) is 1. The molecule has 1 aromatic heterocycles. The van der Waals surface area contributed by atoms with Crippen molar-refractivity contribution in [2.75, 3.05) is 5.32 Å². The van der Waals surface area contributed by atoms with E-state index in [0.29, 0.717) is 46.0 Å². The summed E-state index contributed by atoms with van der Waals surface area (Å²) in [5, 5.41) is 3.25. The van der Waals surface area contributed by atoms with E-state index in [-0.39, 0.29) is 11.7 Å². The van der Waals surface area contributed by atoms with Crippen LogP contribution in [0.3, 0.4) is 0 Å². The van der Waals surface area contributed by atoms with E-state index in [2.05, 4.69) is 5.32 Å². The lowest BCUT2D eigenvalue weighted by Crippen LogP contribution is -2.43. The van der Waals surface area contributed by atoms with Gasteiger partial charge in [0.2, 0.25) is 0 Å². The van der Waals surface area contributed by atoms with Gasteiger partial charge in [-0.3, -0.25) is 18.7 Å². The molecule has 3 aromatic rings. The highest BCUT2D eigenvalue weighted by atomic mass is 16.5. The van der Waals surface area contributed by atoms with Gasteiger partial charge in [0.05, 0.1) is 16.8 Å². The summed E-state index contributed by atoms with van der Waals surface area (Å²) in [6, 6.07) is 14.4. The molecule has 3 aliphatic rings. The van der Waals surface area contributed by atoms with Crippen LogP contribution < -0.4 is 16.6 Å². The minimum Gasteiger partial charge on any atom is -0.427 e. The number of hydrogen-bond acceptors (Lipinski definition) is 6. The molecule has 38 heavy (non-hydrogen) atoms. The van der Waals surface area contributed by atoms with Crippen LogP contribution in [0.4, 0.5) is 5.82 Å². The van der Waals surface area contributed by atoms with E-state index in [9.17, 15) is 19.2 Å². The Labute approximate surface area is 218 Å². The Morgan fingerprint density at radius 2 is 1.68 bits per heavy atom. The van der Waals surface area contributed by atoms with Crippen molar-refractivity contribution in [1.82, 2.24) is 9.13 Å². The van der Waals surface area contributed by atoms with Gasteiger partial charge in [-0.25, -0.2) is 9.59 Å². The first kappa shape index (κ1) is 23.7. The number of aromatic nitrogens is 2. The topological polar surface area (TPSA) is 99.4 Å². The molecule has 0 amide bonds. The molecule has 6 rings (SSSR count). The van der Waals surface area contributed by atoms with Crippen LogP contribution in [0.25, 0.3) is 5.70 Å². The fourth-order valence-corrected chi connectivity index (χ4v) is 5.57. The van der Waals surface area contributed by atoms with Gasteiger partial charge in [-0.05, 0) is 31.1 Å². The summed E-state index contributed by atoms with van der Waals surface area (Å²) in [7, 11) is 3.03. The van der Waals surface area contributed by atoms with Crippen molar-refractivity contribution in [3.05, 3.63) is 127 Å². The number of carbonyl (C=O) groups is 2. The minimum absolute atomic E-state index is 0.157. The molecule has 2 aromatic carbocycles. The number of ether oxygens (including phenoxy) is 1. The van der Waals surface area contributed by atoms with Crippen molar-refractivity contribution in [3.8, 4) is 0 Å². The number of nitrogens with zero attached hydrogens (tertiary/aromatic N) is 2. The maximum Gasteiger partial charge on any atom is 0.343 e. The summed E-state index contributed by atoms with van der Waals surface area (Å²) in [6.07, 6.45) is 5.73. The average molecular weight is 508 g/mol. The normalized spacial score (nSPS) is 19.3. The van der Waals surface area contributed by atoms with E-state index < -0.39 is 23.1 Å². The van der Waals surface area contributed by atoms with Gasteiger partial charge >= 0.3 is 11.7 Å². The van der Waals surface area contributed by atoms with Crippen molar-refractivity contribution in [2.45, 2.75) is 19.3 Å². The van der Waals surface area contributed by atoms with Gasteiger partial charge in [0.15, 0.2) is 5.78 Å². The van der Waals surface area contributed by atoms with E-state index in [0.717, 1.165) is 15.7 Å². The molecule has 2 heterocycles. The Kier molecular flexibility index (Phi) is 5.41. The number of hydrogen-bond donors (Lipinski definition) is 1. The van der Waals surface area contributed by atoms with Crippen LogP contribution in [0.1, 0.15) is 49.7 Å². The van der Waals surface area contributed by atoms with Crippen LogP contribution >= 0.6 is 0 Å². The maximum atomic E-state index is 13.7. The zero-order valence-corrected chi connectivity index (χ0v) is 21.1. The molecule has 0 bridgehead atoms. The van der Waals surface area contributed by atoms with Gasteiger partial charge in [0.25, 0.3) is 5.56 Å². The Morgan fingerprint density at radius 1 is 0.974 bits per heavy atom. The van der Waals surface area contributed by atoms with Crippen LogP contribution in [-0.4, -0.2) is 20.9 Å². The fraction of sp³-hybridized carbons (Fsp3) is 0.200. The van der Waals surface area contributed by atoms with Crippen LogP contribution in [0.15, 0.2) is 87.7 Å². The monoisotopic (exact) mass is 507 g/mol. The van der Waals surface area contributed by atoms with E-state index in [4.69, 9.17) is 4.74 Å². The summed E-state index contributed by atoms with van der Waals surface area (Å²) in [4.78, 5) is 52.9. The van der Waals surface area contributed by atoms with E-state index in [1.54, 1.807) is 43.5 Å². The van der Waals surface area contributed by atoms with Crippen molar-refractivity contribution >= 4 is 23.3 Å². The molecule has 0 saturated heterocycles. The molecule has 8 nitrogen and oxygen atoms in total. The first-order valence-corrected chi connectivity index (χ1v) is 12.4. The van der Waals surface area contributed by atoms with Crippen LogP contribution in [-0.2, 0) is 18.8 Å². The van der Waals surface area contributed by atoms with Gasteiger partial charge in [0.1, 0.15) is 11.6 Å². The molecule has 8 heteroatoms. The number of esters is 1. The standard InChI is InChI=1S/C30H25N3O5/c1-16-11-13-17(14-12-16)29(36)38-19-8-6-7-18(15-19)22-23-25(20-9-4-5-10-21(20)26(23)34)31-27-24(22)28(35)33(3)30(37)32(27)2/h4-14,18,22,31H,15H2,1-3H3. The molecular formula is C30H25N3O5. The van der Waals surface area contributed by atoms with Crippen LogP contribution in [0.2, 0.25) is 0 Å². The number of ketones is 1. The van der Waals surface area contributed by atoms with Gasteiger partial charge < -0.3 is 10.1 Å². The number of allylic oxidation sites excluding steroid dienone is 5. The molecule has 2 unspecified atom stereocenters. The molecule has 2 atom stereocenters. The smallest absolute Gasteiger partial charge is 0.343 e. The zero-order valence-electron chi connectivity index (χ0n) is 21.1. The molecule has 190 valence electrons. The SMILES string of the molecule is Cc1ccc(C(=O)OC2=CC=CC(C3C4=C(Nc5c3c(=O)n(C)c(=O)n5C)c3ccccc3C4=O)C2)cc1. The van der Waals surface area contributed by atoms with E-state index in [1.165, 1.54) is 11.6 Å². The summed E-state index contributed by atoms with van der Waals surface area (Å²) in [5.74, 6) is -0.836. The number of nitrogens with one attached hydrogen (secondary N) is 1. The van der Waals surface area contributed by atoms with Gasteiger partial charge in [0, 0.05) is 43.1 Å². The average Bonchev–Trinajstić information content (AvgIpc) is 3.21. The van der Waals surface area contributed by atoms with Crippen molar-refractivity contribution in [3.63, 3.8) is 0 Å². The summed E-state index contributed by atoms with van der Waals surface area (Å²) < 4.78 is 8.20. The first-order valence-electron chi connectivity index (χ1n) is 12.4. The number of fused-ring (bicyclic) bond motifs is 3. The van der Waals surface area contributed by atoms with Crippen LogP contribution in [0, 0.1) is 12.8 Å². The van der Waals surface area contributed by atoms with Crippen LogP contribution in [0.5, 0.6) is 0 Å². The predicted molar refractivity (Wildman–Crippen MR) is 143 cm³/mol. The lowest BCUT2D eigenvalue weighted by Gasteiger charge is -2.34. The second-order valence-electron chi connectivity index (χ2n) is 9.88. The minimum atomic E-state index is -0.648. The molecule has 0 saturated carbocycles. The molecule has 0 radical (unpaired) electrons. The number of benzene rings is 2. The largest absolute Gasteiger partial charge is 0.427 e. The zero-order chi connectivity index (χ0) is 26.7. The molecule has 0 fully saturated rings. The third-order valence-corrected chi connectivity index (χ3v) is 7.54. The summed E-state index contributed by atoms with van der Waals surface area (Å²) in [6.45, 7) is 1.94. The second-order valence-corrected chi connectivity index (χ2v) is 9.88. The fourth-order valence-electron chi connectivity index (χ4n) is 5.57. The number of rotatable bonds is 3. The Bertz CT molecular complexity index is 1750. The second kappa shape index (κ2) is 8.69. The lowest BCUT2D eigenvalue weighted by atomic mass is 9.74. The third kappa shape index (κ3) is 3.52.